The smallest absolute Gasteiger partial charge is 0.391 e. The fourth-order valence-corrected chi connectivity index (χ4v) is 2.34. The Balaban J connectivity index is 2.32. The average Bonchev–Trinajstić information content (AvgIpc) is 2.40. The van der Waals surface area contributed by atoms with Crippen molar-refractivity contribution in [2.45, 2.75) is 25.6 Å². The van der Waals surface area contributed by atoms with E-state index in [0.717, 1.165) is 12.1 Å². The minimum Gasteiger partial charge on any atom is -0.391 e. The van der Waals surface area contributed by atoms with E-state index in [1.54, 1.807) is 0 Å². The van der Waals surface area contributed by atoms with Crippen molar-refractivity contribution < 1.29 is 27.5 Å². The van der Waals surface area contributed by atoms with Crippen LogP contribution >= 0.6 is 0 Å². The summed E-state index contributed by atoms with van der Waals surface area (Å²) in [4.78, 5) is 13.4. The molecule has 1 saturated heterocycles. The number of hydrogen-bond acceptors (Lipinski definition) is 2. The van der Waals surface area contributed by atoms with Crippen molar-refractivity contribution in [3.63, 3.8) is 0 Å². The maximum Gasteiger partial charge on any atom is 0.417 e. The predicted molar refractivity (Wildman–Crippen MR) is 67.1 cm³/mol. The maximum atomic E-state index is 13.0. The molecule has 0 spiro atoms. The highest BCUT2D eigenvalue weighted by atomic mass is 19.4. The molecular formula is C14H15F4NO2. The lowest BCUT2D eigenvalue weighted by atomic mass is 9.95. The minimum atomic E-state index is -4.81. The van der Waals surface area contributed by atoms with Crippen LogP contribution in [-0.4, -0.2) is 35.1 Å². The lowest BCUT2D eigenvalue weighted by Crippen LogP contribution is -2.46. The minimum absolute atomic E-state index is 0.00986. The number of carbonyl (C=O) groups excluding carboxylic acids is 1. The fourth-order valence-electron chi connectivity index (χ4n) is 2.34. The van der Waals surface area contributed by atoms with E-state index in [9.17, 15) is 27.5 Å². The number of likely N-dealkylation sites (tertiary alicyclic amines) is 1. The van der Waals surface area contributed by atoms with Gasteiger partial charge in [0.05, 0.1) is 17.2 Å². The third-order valence-corrected chi connectivity index (χ3v) is 3.72. The van der Waals surface area contributed by atoms with Gasteiger partial charge in [-0.25, -0.2) is 4.39 Å². The molecule has 7 heteroatoms. The van der Waals surface area contributed by atoms with Crippen molar-refractivity contribution in [2.75, 3.05) is 13.1 Å². The van der Waals surface area contributed by atoms with E-state index >= 15 is 0 Å². The third kappa shape index (κ3) is 3.34. The van der Waals surface area contributed by atoms with E-state index < -0.39 is 35.1 Å². The van der Waals surface area contributed by atoms with Gasteiger partial charge in [0.1, 0.15) is 5.82 Å². The number of rotatable bonds is 1. The molecule has 21 heavy (non-hydrogen) atoms. The summed E-state index contributed by atoms with van der Waals surface area (Å²) in [5, 5.41) is 9.74. The van der Waals surface area contributed by atoms with E-state index in [0.29, 0.717) is 12.5 Å². The Morgan fingerprint density at radius 3 is 2.62 bits per heavy atom. The Morgan fingerprint density at radius 1 is 1.38 bits per heavy atom. The maximum absolute atomic E-state index is 13.0. The van der Waals surface area contributed by atoms with Gasteiger partial charge in [-0.15, -0.1) is 0 Å². The van der Waals surface area contributed by atoms with Gasteiger partial charge in [0, 0.05) is 13.1 Å². The summed E-state index contributed by atoms with van der Waals surface area (Å²) in [5.74, 6) is -1.90. The van der Waals surface area contributed by atoms with Gasteiger partial charge in [-0.3, -0.25) is 4.79 Å². The second-order valence-corrected chi connectivity index (χ2v) is 5.27. The number of benzene rings is 1. The SMILES string of the molecule is CC1CCN(C(=O)c2ccc(F)cc2C(F)(F)F)CC1O. The van der Waals surface area contributed by atoms with Crippen LogP contribution in [0.5, 0.6) is 0 Å². The second-order valence-electron chi connectivity index (χ2n) is 5.27. The van der Waals surface area contributed by atoms with E-state index in [4.69, 9.17) is 0 Å². The van der Waals surface area contributed by atoms with Crippen molar-refractivity contribution in [3.05, 3.63) is 35.1 Å². The first kappa shape index (κ1) is 15.8. The number of nitrogens with zero attached hydrogens (tertiary/aromatic N) is 1. The molecule has 2 rings (SSSR count). The molecule has 0 aliphatic carbocycles. The van der Waals surface area contributed by atoms with Gasteiger partial charge < -0.3 is 10.0 Å². The molecule has 3 nitrogen and oxygen atoms in total. The Kier molecular flexibility index (Phi) is 4.22. The van der Waals surface area contributed by atoms with Crippen molar-refractivity contribution in [3.8, 4) is 0 Å². The van der Waals surface area contributed by atoms with Crippen molar-refractivity contribution in [1.82, 2.24) is 4.90 Å². The zero-order valence-electron chi connectivity index (χ0n) is 11.3. The largest absolute Gasteiger partial charge is 0.417 e. The van der Waals surface area contributed by atoms with Crippen LogP contribution < -0.4 is 0 Å². The van der Waals surface area contributed by atoms with Gasteiger partial charge in [-0.05, 0) is 30.5 Å². The fraction of sp³-hybridized carbons (Fsp3) is 0.500. The number of halogens is 4. The first-order chi connectivity index (χ1) is 9.70. The molecule has 1 fully saturated rings. The summed E-state index contributed by atoms with van der Waals surface area (Å²) < 4.78 is 51.8. The van der Waals surface area contributed by atoms with Crippen LogP contribution in [0.3, 0.4) is 0 Å². The molecule has 2 atom stereocenters. The van der Waals surface area contributed by atoms with Crippen LogP contribution in [0.1, 0.15) is 29.3 Å². The summed E-state index contributed by atoms with van der Waals surface area (Å²) in [6, 6.07) is 1.98. The van der Waals surface area contributed by atoms with Gasteiger partial charge in [0.25, 0.3) is 5.91 Å². The van der Waals surface area contributed by atoms with Crippen LogP contribution in [-0.2, 0) is 6.18 Å². The van der Waals surface area contributed by atoms with E-state index in [1.165, 1.54) is 4.90 Å². The normalized spacial score (nSPS) is 23.2. The number of hydrogen-bond donors (Lipinski definition) is 1. The van der Waals surface area contributed by atoms with Crippen molar-refractivity contribution in [2.24, 2.45) is 5.92 Å². The van der Waals surface area contributed by atoms with E-state index in [-0.39, 0.29) is 19.0 Å². The Hall–Kier alpha value is -1.63. The molecule has 1 heterocycles. The summed E-state index contributed by atoms with van der Waals surface area (Å²) in [6.07, 6.45) is -5.07. The van der Waals surface area contributed by atoms with Crippen LogP contribution in [0.25, 0.3) is 0 Å². The topological polar surface area (TPSA) is 40.5 Å². The van der Waals surface area contributed by atoms with Gasteiger partial charge in [-0.2, -0.15) is 13.2 Å². The number of β-amino-alcohol motifs (C(OH)–C–C–N with tert-alkyl or cyclic N) is 1. The lowest BCUT2D eigenvalue weighted by molar-refractivity contribution is -0.138. The summed E-state index contributed by atoms with van der Waals surface area (Å²) in [5.41, 5.74) is -1.88. The van der Waals surface area contributed by atoms with E-state index in [1.807, 2.05) is 6.92 Å². The van der Waals surface area contributed by atoms with Gasteiger partial charge in [0.2, 0.25) is 0 Å². The van der Waals surface area contributed by atoms with Gasteiger partial charge in [-0.1, -0.05) is 6.92 Å². The number of aliphatic hydroxyl groups excluding tert-OH is 1. The van der Waals surface area contributed by atoms with Crippen LogP contribution in [0.15, 0.2) is 18.2 Å². The molecule has 1 aliphatic heterocycles. The van der Waals surface area contributed by atoms with Crippen LogP contribution in [0.2, 0.25) is 0 Å². The molecule has 0 saturated carbocycles. The van der Waals surface area contributed by atoms with Crippen molar-refractivity contribution in [1.29, 1.82) is 0 Å². The Morgan fingerprint density at radius 2 is 2.05 bits per heavy atom. The van der Waals surface area contributed by atoms with Gasteiger partial charge in [0.15, 0.2) is 0 Å². The molecule has 1 aliphatic rings. The summed E-state index contributed by atoms with van der Waals surface area (Å²) in [6.45, 7) is 2.06. The van der Waals surface area contributed by atoms with Crippen LogP contribution in [0.4, 0.5) is 17.6 Å². The molecule has 0 bridgehead atoms. The number of aliphatic hydroxyl groups is 1. The lowest BCUT2D eigenvalue weighted by Gasteiger charge is -2.34. The van der Waals surface area contributed by atoms with Gasteiger partial charge >= 0.3 is 6.18 Å². The monoisotopic (exact) mass is 305 g/mol. The number of piperidine rings is 1. The molecular weight excluding hydrogens is 290 g/mol. The molecule has 1 aromatic rings. The van der Waals surface area contributed by atoms with Crippen molar-refractivity contribution >= 4 is 5.91 Å². The van der Waals surface area contributed by atoms with E-state index in [2.05, 4.69) is 0 Å². The number of amides is 1. The Labute approximate surface area is 119 Å². The summed E-state index contributed by atoms with van der Waals surface area (Å²) in [7, 11) is 0. The zero-order valence-corrected chi connectivity index (χ0v) is 11.3. The third-order valence-electron chi connectivity index (χ3n) is 3.72. The highest BCUT2D eigenvalue weighted by Gasteiger charge is 2.37. The second kappa shape index (κ2) is 5.63. The standard InChI is InChI=1S/C14H15F4NO2/c1-8-4-5-19(7-12(8)20)13(21)10-3-2-9(15)6-11(10)14(16,17)18/h2-3,6,8,12,20H,4-5,7H2,1H3. The molecule has 1 aromatic carbocycles. The highest BCUT2D eigenvalue weighted by Crippen LogP contribution is 2.33. The molecule has 2 unspecified atom stereocenters. The number of carbonyl (C=O) groups is 1. The Bertz CT molecular complexity index is 544. The highest BCUT2D eigenvalue weighted by molar-refractivity contribution is 5.96. The quantitative estimate of drug-likeness (QED) is 0.810. The summed E-state index contributed by atoms with van der Waals surface area (Å²) >= 11 is 0. The zero-order chi connectivity index (χ0) is 15.8. The predicted octanol–water partition coefficient (Wildman–Crippen LogP) is 2.69. The first-order valence-electron chi connectivity index (χ1n) is 6.54. The molecule has 0 radical (unpaired) electrons. The van der Waals surface area contributed by atoms with Crippen LogP contribution in [0, 0.1) is 11.7 Å². The average molecular weight is 305 g/mol. The molecule has 1 amide bonds. The first-order valence-corrected chi connectivity index (χ1v) is 6.54. The molecule has 116 valence electrons. The molecule has 0 aromatic heterocycles. The molecule has 1 N–H and O–H groups in total. The number of alkyl halides is 3.